The van der Waals surface area contributed by atoms with Gasteiger partial charge in [-0.25, -0.2) is 0 Å². The van der Waals surface area contributed by atoms with Crippen molar-refractivity contribution >= 4 is 50.9 Å². The Hall–Kier alpha value is -6.66. The molecule has 0 aliphatic heterocycles. The third-order valence-corrected chi connectivity index (χ3v) is 12.0. The topological polar surface area (TPSA) is 148 Å². The minimum absolute atomic E-state index is 0.0498. The zero-order valence-corrected chi connectivity index (χ0v) is 39.0. The third-order valence-electron chi connectivity index (χ3n) is 12.0. The van der Waals surface area contributed by atoms with Crippen LogP contribution in [0.4, 0.5) is 14.5 Å². The molecule has 4 aromatic carbocycles. The predicted molar refractivity (Wildman–Crippen MR) is 264 cm³/mol. The largest absolute Gasteiger partial charge is 0.398 e. The molecule has 66 heavy (non-hydrogen) atoms. The maximum Gasteiger partial charge on any atom is 0.292 e. The van der Waals surface area contributed by atoms with E-state index < -0.39 is 18.6 Å². The number of fused-ring (bicyclic) bond motifs is 2. The van der Waals surface area contributed by atoms with Crippen LogP contribution in [0.3, 0.4) is 0 Å². The van der Waals surface area contributed by atoms with Crippen LogP contribution in [0.1, 0.15) is 113 Å². The van der Waals surface area contributed by atoms with Crippen LogP contribution in [0.5, 0.6) is 0 Å². The number of nitrogens with two attached hydrogens (primary N) is 1. The Labute approximate surface area is 386 Å². The lowest BCUT2D eigenvalue weighted by molar-refractivity contribution is -0.111. The molecule has 0 bridgehead atoms. The van der Waals surface area contributed by atoms with Crippen LogP contribution < -0.4 is 5.73 Å². The number of halogens is 2. The number of hydrogen-bond acceptors (Lipinski definition) is 8. The SMILES string of the molecule is CC.CC(=N)c1cccc2nn(CC(O)c3ccccc3)cc12.CC(=Nc1ccc(C2CCC(C=O)CC2)nc1C)/C(=C(\N)c1cccc2nn(CC(F)(F)c3ccccc3)cc12)C(C)C. The Morgan fingerprint density at radius 2 is 1.41 bits per heavy atom. The number of pyridine rings is 1. The van der Waals surface area contributed by atoms with Gasteiger partial charge in [0, 0.05) is 74.5 Å². The zero-order valence-electron chi connectivity index (χ0n) is 39.0. The fourth-order valence-electron chi connectivity index (χ4n) is 8.63. The van der Waals surface area contributed by atoms with E-state index in [0.717, 1.165) is 87.9 Å². The van der Waals surface area contributed by atoms with Gasteiger partial charge in [-0.2, -0.15) is 19.0 Å². The quantitative estimate of drug-likeness (QED) is 0.0775. The molecule has 7 aromatic rings. The number of aliphatic hydroxyl groups excluding tert-OH is 1. The van der Waals surface area contributed by atoms with Crippen molar-refractivity contribution in [1.29, 1.82) is 5.41 Å². The second-order valence-corrected chi connectivity index (χ2v) is 17.0. The molecule has 4 N–H and O–H groups in total. The van der Waals surface area contributed by atoms with Gasteiger partial charge in [0.05, 0.1) is 35.1 Å². The molecule has 3 heterocycles. The first-order valence-corrected chi connectivity index (χ1v) is 22.8. The van der Waals surface area contributed by atoms with Crippen molar-refractivity contribution in [2.24, 2.45) is 22.6 Å². The first kappa shape index (κ1) is 48.8. The number of aromatic nitrogens is 5. The van der Waals surface area contributed by atoms with Crippen LogP contribution in [-0.2, 0) is 23.8 Å². The van der Waals surface area contributed by atoms with Crippen molar-refractivity contribution < 1.29 is 18.7 Å². The van der Waals surface area contributed by atoms with Crippen LogP contribution in [0, 0.1) is 24.2 Å². The average molecular weight is 893 g/mol. The van der Waals surface area contributed by atoms with Crippen LogP contribution in [0.15, 0.2) is 132 Å². The van der Waals surface area contributed by atoms with Gasteiger partial charge < -0.3 is 21.0 Å². The number of aliphatic imine (C=N–C) groups is 1. The fourth-order valence-corrected chi connectivity index (χ4v) is 8.63. The predicted octanol–water partition coefficient (Wildman–Crippen LogP) is 12.3. The van der Waals surface area contributed by atoms with Gasteiger partial charge in [0.25, 0.3) is 5.92 Å². The minimum atomic E-state index is -3.08. The molecule has 1 aliphatic rings. The van der Waals surface area contributed by atoms with Crippen molar-refractivity contribution in [3.63, 3.8) is 0 Å². The summed E-state index contributed by atoms with van der Waals surface area (Å²) < 4.78 is 33.1. The molecule has 1 unspecified atom stereocenters. The van der Waals surface area contributed by atoms with Gasteiger partial charge in [0.15, 0.2) is 0 Å². The monoisotopic (exact) mass is 892 g/mol. The smallest absolute Gasteiger partial charge is 0.292 e. The molecule has 344 valence electrons. The minimum Gasteiger partial charge on any atom is -0.398 e. The van der Waals surface area contributed by atoms with E-state index in [1.54, 1.807) is 42.1 Å². The van der Waals surface area contributed by atoms with Gasteiger partial charge in [-0.05, 0) is 87.8 Å². The number of rotatable bonds is 13. The number of hydrogen-bond donors (Lipinski definition) is 3. The summed E-state index contributed by atoms with van der Waals surface area (Å²) in [4.78, 5) is 21.0. The molecule has 1 fully saturated rings. The Kier molecular flexibility index (Phi) is 16.3. The van der Waals surface area contributed by atoms with Gasteiger partial charge >= 0.3 is 0 Å². The molecule has 1 atom stereocenters. The number of aliphatic hydroxyl groups is 1. The van der Waals surface area contributed by atoms with E-state index in [-0.39, 0.29) is 17.4 Å². The molecule has 10 nitrogen and oxygen atoms in total. The highest BCUT2D eigenvalue weighted by Gasteiger charge is 2.32. The molecular weight excluding hydrogens is 831 g/mol. The fraction of sp³-hybridized carbons (Fsp3) is 0.333. The van der Waals surface area contributed by atoms with E-state index in [9.17, 15) is 9.90 Å². The van der Waals surface area contributed by atoms with Gasteiger partial charge in [-0.3, -0.25) is 19.3 Å². The normalized spacial score (nSPS) is 16.2. The Morgan fingerprint density at radius 1 is 0.833 bits per heavy atom. The van der Waals surface area contributed by atoms with Gasteiger partial charge in [-0.1, -0.05) is 113 Å². The molecule has 3 aromatic heterocycles. The molecule has 8 rings (SSSR count). The molecule has 0 radical (unpaired) electrons. The summed E-state index contributed by atoms with van der Waals surface area (Å²) in [6.45, 7) is 13.6. The van der Waals surface area contributed by atoms with E-state index in [1.807, 2.05) is 107 Å². The number of aldehydes is 1. The van der Waals surface area contributed by atoms with Crippen LogP contribution in [0.2, 0.25) is 0 Å². The van der Waals surface area contributed by atoms with Gasteiger partial charge in [0.2, 0.25) is 0 Å². The summed E-state index contributed by atoms with van der Waals surface area (Å²) in [7, 11) is 0. The van der Waals surface area contributed by atoms with E-state index in [1.165, 1.54) is 16.8 Å². The summed E-state index contributed by atoms with van der Waals surface area (Å²) in [5.41, 5.74) is 16.1. The van der Waals surface area contributed by atoms with Gasteiger partial charge in [0.1, 0.15) is 12.8 Å². The molecule has 1 saturated carbocycles. The lowest BCUT2D eigenvalue weighted by Crippen LogP contribution is -2.21. The first-order valence-electron chi connectivity index (χ1n) is 22.8. The van der Waals surface area contributed by atoms with E-state index in [4.69, 9.17) is 21.1 Å². The Morgan fingerprint density at radius 3 is 2.00 bits per heavy atom. The van der Waals surface area contributed by atoms with Crippen molar-refractivity contribution in [3.05, 3.63) is 161 Å². The second-order valence-electron chi connectivity index (χ2n) is 17.0. The molecular formula is C54H62F2N8O2. The number of carbonyl (C=O) groups is 1. The lowest BCUT2D eigenvalue weighted by atomic mass is 9.81. The second kappa shape index (κ2) is 22.0. The molecule has 0 spiro atoms. The average Bonchev–Trinajstić information content (AvgIpc) is 3.94. The standard InChI is InChI=1S/C35H39F2N5O.C17H17N3O.C2H6/c1-22(2)33(24(4)40-30-17-18-31(39-23(30)3)26-15-13-25(20-43)14-16-26)34(38)28-11-8-12-32-29(28)19-42(41-32)21-35(36,37)27-9-6-5-7-10-27;1-12(18)14-8-5-9-16-15(14)10-20(19-16)11-17(21)13-6-3-2-4-7-13;1-2/h5-12,17-20,22,25-26H,13-16,21,38H2,1-4H3;2-10,17-18,21H,11H2,1H3;1-2H3/b34-33-,40-24?;;. The lowest BCUT2D eigenvalue weighted by Gasteiger charge is -2.25. The highest BCUT2D eigenvalue weighted by molar-refractivity contribution is 6.08. The van der Waals surface area contributed by atoms with Crippen molar-refractivity contribution in [1.82, 2.24) is 24.5 Å². The number of benzene rings is 4. The number of allylic oxidation sites excluding steroid dienone is 1. The van der Waals surface area contributed by atoms with Crippen LogP contribution in [0.25, 0.3) is 27.5 Å². The van der Waals surface area contributed by atoms with Crippen LogP contribution >= 0.6 is 0 Å². The molecule has 0 amide bonds. The summed E-state index contributed by atoms with van der Waals surface area (Å²) in [6.07, 6.45) is 7.81. The van der Waals surface area contributed by atoms with E-state index >= 15 is 8.78 Å². The third kappa shape index (κ3) is 11.6. The number of nitrogens with zero attached hydrogens (tertiary/aromatic N) is 6. The molecule has 12 heteroatoms. The van der Waals surface area contributed by atoms with Crippen molar-refractivity contribution in [2.45, 2.75) is 105 Å². The number of nitrogens with one attached hydrogen (secondary N) is 1. The molecule has 0 saturated heterocycles. The van der Waals surface area contributed by atoms with Crippen molar-refractivity contribution in [3.8, 4) is 0 Å². The zero-order chi connectivity index (χ0) is 47.5. The number of alkyl halides is 2. The maximum absolute atomic E-state index is 15.0. The van der Waals surface area contributed by atoms with Gasteiger partial charge in [-0.15, -0.1) is 0 Å². The Balaban J connectivity index is 0.000000261. The number of carbonyl (C=O) groups excluding carboxylic acids is 1. The summed E-state index contributed by atoms with van der Waals surface area (Å²) in [5.74, 6) is -2.49. The summed E-state index contributed by atoms with van der Waals surface area (Å²) >= 11 is 0. The highest BCUT2D eigenvalue weighted by atomic mass is 19.3. The summed E-state index contributed by atoms with van der Waals surface area (Å²) in [6, 6.07) is 32.7. The molecule has 1 aliphatic carbocycles. The van der Waals surface area contributed by atoms with Crippen LogP contribution in [-0.4, -0.2) is 47.4 Å². The first-order chi connectivity index (χ1) is 31.7. The number of aryl methyl sites for hydroxylation is 1. The highest BCUT2D eigenvalue weighted by Crippen LogP contribution is 2.36. The van der Waals surface area contributed by atoms with E-state index in [2.05, 4.69) is 24.0 Å². The Bertz CT molecular complexity index is 2800. The maximum atomic E-state index is 15.0. The van der Waals surface area contributed by atoms with E-state index in [0.29, 0.717) is 34.8 Å². The van der Waals surface area contributed by atoms with Crippen molar-refractivity contribution in [2.75, 3.05) is 0 Å². The summed E-state index contributed by atoms with van der Waals surface area (Å²) in [5, 5.41) is 28.7.